The predicted molar refractivity (Wildman–Crippen MR) is 72.6 cm³/mol. The number of aryl methyl sites for hydroxylation is 1. The minimum absolute atomic E-state index is 1.08. The summed E-state index contributed by atoms with van der Waals surface area (Å²) >= 11 is 3.52. The van der Waals surface area contributed by atoms with E-state index in [9.17, 15) is 0 Å². The van der Waals surface area contributed by atoms with E-state index in [2.05, 4.69) is 70.7 Å². The van der Waals surface area contributed by atoms with Gasteiger partial charge in [-0.2, -0.15) is 0 Å². The molecule has 1 heterocycles. The highest BCUT2D eigenvalue weighted by molar-refractivity contribution is 9.10. The fraction of sp³-hybridized carbons (Fsp3) is 0.286. The molecular weight excluding hydrogens is 262 g/mol. The topological polar surface area (TPSA) is 4.93 Å². The Labute approximate surface area is 105 Å². The van der Waals surface area contributed by atoms with Crippen molar-refractivity contribution in [3.05, 3.63) is 46.6 Å². The number of hydrogen-bond acceptors (Lipinski definition) is 0. The molecule has 0 aliphatic heterocycles. The number of aromatic nitrogens is 1. The van der Waals surface area contributed by atoms with Crippen molar-refractivity contribution >= 4 is 15.9 Å². The second kappa shape index (κ2) is 4.88. The van der Waals surface area contributed by atoms with E-state index in [0.29, 0.717) is 0 Å². The first-order valence-corrected chi connectivity index (χ1v) is 6.43. The average molecular weight is 278 g/mol. The Hall–Kier alpha value is -1.02. The molecule has 0 saturated heterocycles. The molecule has 0 spiro atoms. The van der Waals surface area contributed by atoms with Crippen LogP contribution in [0.3, 0.4) is 0 Å². The molecule has 0 aliphatic carbocycles. The molecule has 0 aliphatic rings. The normalized spacial score (nSPS) is 10.7. The molecule has 0 unspecified atom stereocenters. The summed E-state index contributed by atoms with van der Waals surface area (Å²) in [6, 6.07) is 12.9. The van der Waals surface area contributed by atoms with Crippen LogP contribution in [0.4, 0.5) is 0 Å². The van der Waals surface area contributed by atoms with E-state index in [-0.39, 0.29) is 0 Å². The highest BCUT2D eigenvalue weighted by Crippen LogP contribution is 2.25. The molecule has 1 aromatic carbocycles. The SMILES string of the molecule is CCCn1c(C)ccc1-c1cccc(Br)c1. The minimum Gasteiger partial charge on any atom is -0.345 e. The van der Waals surface area contributed by atoms with E-state index in [4.69, 9.17) is 0 Å². The molecule has 1 aromatic heterocycles. The van der Waals surface area contributed by atoms with Gasteiger partial charge < -0.3 is 4.57 Å². The molecule has 2 rings (SSSR count). The summed E-state index contributed by atoms with van der Waals surface area (Å²) in [5.74, 6) is 0. The van der Waals surface area contributed by atoms with Gasteiger partial charge in [-0.05, 0) is 43.2 Å². The Bertz CT molecular complexity index is 485. The highest BCUT2D eigenvalue weighted by atomic mass is 79.9. The quantitative estimate of drug-likeness (QED) is 0.771. The van der Waals surface area contributed by atoms with Crippen molar-refractivity contribution in [3.8, 4) is 11.3 Å². The van der Waals surface area contributed by atoms with E-state index in [1.54, 1.807) is 0 Å². The molecule has 84 valence electrons. The molecule has 0 radical (unpaired) electrons. The second-order valence-corrected chi connectivity index (χ2v) is 4.94. The minimum atomic E-state index is 1.08. The van der Waals surface area contributed by atoms with Gasteiger partial charge in [0.1, 0.15) is 0 Å². The molecule has 0 amide bonds. The summed E-state index contributed by atoms with van der Waals surface area (Å²) in [7, 11) is 0. The lowest BCUT2D eigenvalue weighted by molar-refractivity contribution is 0.672. The van der Waals surface area contributed by atoms with E-state index >= 15 is 0 Å². The zero-order valence-electron chi connectivity index (χ0n) is 9.70. The van der Waals surface area contributed by atoms with Crippen molar-refractivity contribution in [1.29, 1.82) is 0 Å². The Morgan fingerprint density at radius 3 is 2.69 bits per heavy atom. The van der Waals surface area contributed by atoms with E-state index < -0.39 is 0 Å². The lowest BCUT2D eigenvalue weighted by atomic mass is 10.1. The van der Waals surface area contributed by atoms with Crippen LogP contribution in [0.1, 0.15) is 19.0 Å². The zero-order chi connectivity index (χ0) is 11.5. The van der Waals surface area contributed by atoms with Gasteiger partial charge in [-0.15, -0.1) is 0 Å². The maximum atomic E-state index is 3.52. The number of nitrogens with zero attached hydrogens (tertiary/aromatic N) is 1. The highest BCUT2D eigenvalue weighted by Gasteiger charge is 2.06. The number of halogens is 1. The molecule has 2 heteroatoms. The third kappa shape index (κ3) is 2.22. The lowest BCUT2D eigenvalue weighted by Gasteiger charge is -2.10. The van der Waals surface area contributed by atoms with Gasteiger partial charge in [-0.3, -0.25) is 0 Å². The number of hydrogen-bond donors (Lipinski definition) is 0. The second-order valence-electron chi connectivity index (χ2n) is 4.02. The van der Waals surface area contributed by atoms with Crippen LogP contribution in [0.2, 0.25) is 0 Å². The van der Waals surface area contributed by atoms with E-state index in [1.165, 1.54) is 17.0 Å². The standard InChI is InChI=1S/C14H16BrN/c1-3-9-16-11(2)7-8-14(16)12-5-4-6-13(15)10-12/h4-8,10H,3,9H2,1-2H3. The molecule has 2 aromatic rings. The summed E-state index contributed by atoms with van der Waals surface area (Å²) in [4.78, 5) is 0. The Kier molecular flexibility index (Phi) is 3.49. The fourth-order valence-electron chi connectivity index (χ4n) is 1.99. The molecule has 0 bridgehead atoms. The largest absolute Gasteiger partial charge is 0.345 e. The van der Waals surface area contributed by atoms with Crippen LogP contribution in [0.25, 0.3) is 11.3 Å². The van der Waals surface area contributed by atoms with Crippen molar-refractivity contribution < 1.29 is 0 Å². The third-order valence-electron chi connectivity index (χ3n) is 2.77. The van der Waals surface area contributed by atoms with Crippen LogP contribution in [-0.4, -0.2) is 4.57 Å². The van der Waals surface area contributed by atoms with Crippen molar-refractivity contribution in [3.63, 3.8) is 0 Å². The van der Waals surface area contributed by atoms with E-state index in [0.717, 1.165) is 17.4 Å². The third-order valence-corrected chi connectivity index (χ3v) is 3.26. The first-order valence-electron chi connectivity index (χ1n) is 5.64. The van der Waals surface area contributed by atoms with Crippen LogP contribution >= 0.6 is 15.9 Å². The summed E-state index contributed by atoms with van der Waals surface area (Å²) in [6.45, 7) is 5.46. The van der Waals surface area contributed by atoms with Crippen LogP contribution in [0, 0.1) is 6.92 Å². The predicted octanol–water partition coefficient (Wildman–Crippen LogP) is 4.64. The Morgan fingerprint density at radius 2 is 2.00 bits per heavy atom. The number of benzene rings is 1. The van der Waals surface area contributed by atoms with Crippen molar-refractivity contribution in [2.75, 3.05) is 0 Å². The molecule has 0 fully saturated rings. The van der Waals surface area contributed by atoms with Crippen LogP contribution in [0.15, 0.2) is 40.9 Å². The molecular formula is C14H16BrN. The van der Waals surface area contributed by atoms with Crippen molar-refractivity contribution in [1.82, 2.24) is 4.57 Å². The maximum Gasteiger partial charge on any atom is 0.0482 e. The van der Waals surface area contributed by atoms with Gasteiger partial charge in [-0.1, -0.05) is 35.0 Å². The van der Waals surface area contributed by atoms with Gasteiger partial charge in [0.2, 0.25) is 0 Å². The fourth-order valence-corrected chi connectivity index (χ4v) is 2.39. The van der Waals surface area contributed by atoms with Gasteiger partial charge >= 0.3 is 0 Å². The molecule has 0 N–H and O–H groups in total. The van der Waals surface area contributed by atoms with Crippen LogP contribution in [0.5, 0.6) is 0 Å². The van der Waals surface area contributed by atoms with Crippen molar-refractivity contribution in [2.45, 2.75) is 26.8 Å². The molecule has 0 saturated carbocycles. The van der Waals surface area contributed by atoms with Gasteiger partial charge in [0.05, 0.1) is 0 Å². The van der Waals surface area contributed by atoms with E-state index in [1.807, 2.05) is 0 Å². The van der Waals surface area contributed by atoms with Gasteiger partial charge in [-0.25, -0.2) is 0 Å². The summed E-state index contributed by atoms with van der Waals surface area (Å²) in [6.07, 6.45) is 1.16. The summed E-state index contributed by atoms with van der Waals surface area (Å²) in [5, 5.41) is 0. The van der Waals surface area contributed by atoms with Crippen LogP contribution < -0.4 is 0 Å². The van der Waals surface area contributed by atoms with Gasteiger partial charge in [0.25, 0.3) is 0 Å². The first-order chi connectivity index (χ1) is 7.72. The average Bonchev–Trinajstić information content (AvgIpc) is 2.61. The van der Waals surface area contributed by atoms with Gasteiger partial charge in [0.15, 0.2) is 0 Å². The van der Waals surface area contributed by atoms with Crippen molar-refractivity contribution in [2.24, 2.45) is 0 Å². The lowest BCUT2D eigenvalue weighted by Crippen LogP contribution is -2.00. The molecule has 16 heavy (non-hydrogen) atoms. The zero-order valence-corrected chi connectivity index (χ0v) is 11.3. The monoisotopic (exact) mass is 277 g/mol. The Morgan fingerprint density at radius 1 is 1.19 bits per heavy atom. The van der Waals surface area contributed by atoms with Gasteiger partial charge in [0, 0.05) is 22.4 Å². The number of rotatable bonds is 3. The smallest absolute Gasteiger partial charge is 0.0482 e. The summed E-state index contributed by atoms with van der Waals surface area (Å²) < 4.78 is 3.51. The molecule has 0 atom stereocenters. The van der Waals surface area contributed by atoms with Crippen LogP contribution in [-0.2, 0) is 6.54 Å². The Balaban J connectivity index is 2.47. The molecule has 1 nitrogen and oxygen atoms in total. The maximum absolute atomic E-state index is 3.52. The summed E-state index contributed by atoms with van der Waals surface area (Å²) in [5.41, 5.74) is 3.91. The first kappa shape index (κ1) is 11.5.